The van der Waals surface area contributed by atoms with Crippen LogP contribution in [0.2, 0.25) is 13.1 Å². The Bertz CT molecular complexity index is 567. The van der Waals surface area contributed by atoms with Gasteiger partial charge in [-0.15, -0.1) is 0 Å². The van der Waals surface area contributed by atoms with Crippen LogP contribution in [0.25, 0.3) is 0 Å². The normalized spacial score (nSPS) is 16.0. The minimum Gasteiger partial charge on any atom is -1.00 e. The van der Waals surface area contributed by atoms with Crippen LogP contribution in [-0.2, 0) is 21.7 Å². The first-order valence-electron chi connectivity index (χ1n) is 13.4. The van der Waals surface area contributed by atoms with Gasteiger partial charge in [0.05, 0.1) is 0 Å². The molecule has 1 atom stereocenters. The third kappa shape index (κ3) is 12.1. The van der Waals surface area contributed by atoms with E-state index in [0.717, 1.165) is 0 Å². The monoisotopic (exact) mass is 551 g/mol. The zero-order valence-electron chi connectivity index (χ0n) is 23.6. The molecular formula is C28H55Cl2NSiTi-2. The predicted octanol–water partition coefficient (Wildman–Crippen LogP) is 3.41. The van der Waals surface area contributed by atoms with E-state index in [0.29, 0.717) is 5.92 Å². The molecule has 196 valence electrons. The fourth-order valence-electron chi connectivity index (χ4n) is 5.70. The molecule has 33 heavy (non-hydrogen) atoms. The molecule has 0 heterocycles. The van der Waals surface area contributed by atoms with E-state index in [4.69, 9.17) is 0 Å². The van der Waals surface area contributed by atoms with Crippen molar-refractivity contribution < 1.29 is 46.5 Å². The zero-order chi connectivity index (χ0) is 22.7. The fourth-order valence-corrected chi connectivity index (χ4v) is 8.19. The second-order valence-electron chi connectivity index (χ2n) is 10.9. The standard InChI is InChI=1S/C28H55NSi.2ClH.Ti/c1-10-13-15-17-18-20-21-25-23(4)27(29(30(8)9)28(5,6)7)24(12-3)26(25)22-19-16-14-11-2;;;/h23,30H,10-22H2,1-9H3;2*1H;/p-2. The Hall–Kier alpha value is 0.791. The fraction of sp³-hybridized carbons (Fsp3) is 0.857. The molecule has 0 bridgehead atoms. The van der Waals surface area contributed by atoms with Crippen molar-refractivity contribution >= 4 is 8.96 Å². The molecule has 0 aliphatic heterocycles. The summed E-state index contributed by atoms with van der Waals surface area (Å²) in [5, 5.41) is 0. The molecule has 1 aliphatic carbocycles. The average Bonchev–Trinajstić information content (AvgIpc) is 2.91. The van der Waals surface area contributed by atoms with Crippen LogP contribution in [0.5, 0.6) is 0 Å². The third-order valence-electron chi connectivity index (χ3n) is 6.93. The van der Waals surface area contributed by atoms with Crippen molar-refractivity contribution in [2.75, 3.05) is 0 Å². The number of allylic oxidation sites excluding steroid dienone is 3. The molecule has 0 aromatic heterocycles. The second-order valence-corrected chi connectivity index (χ2v) is 13.6. The van der Waals surface area contributed by atoms with Gasteiger partial charge in [-0.05, 0) is 64.0 Å². The van der Waals surface area contributed by atoms with Crippen LogP contribution in [-0.4, -0.2) is 19.1 Å². The summed E-state index contributed by atoms with van der Waals surface area (Å²) >= 11 is 0. The van der Waals surface area contributed by atoms with E-state index >= 15 is 0 Å². The molecule has 0 saturated carbocycles. The van der Waals surface area contributed by atoms with Crippen LogP contribution >= 0.6 is 0 Å². The first-order valence-corrected chi connectivity index (χ1v) is 16.3. The van der Waals surface area contributed by atoms with Gasteiger partial charge in [-0.1, -0.05) is 97.7 Å². The topological polar surface area (TPSA) is 3.24 Å². The van der Waals surface area contributed by atoms with E-state index in [1.165, 1.54) is 83.5 Å². The van der Waals surface area contributed by atoms with Crippen LogP contribution in [0.4, 0.5) is 0 Å². The Labute approximate surface area is 237 Å². The van der Waals surface area contributed by atoms with Gasteiger partial charge in [-0.3, -0.25) is 0 Å². The van der Waals surface area contributed by atoms with E-state index in [1.807, 2.05) is 5.57 Å². The molecule has 0 N–H and O–H groups in total. The smallest absolute Gasteiger partial charge is 0.134 e. The molecule has 1 unspecified atom stereocenters. The summed E-state index contributed by atoms with van der Waals surface area (Å²) in [4.78, 5) is 0. The summed E-state index contributed by atoms with van der Waals surface area (Å²) in [6.07, 6.45) is 17.8. The van der Waals surface area contributed by atoms with E-state index in [9.17, 15) is 0 Å². The van der Waals surface area contributed by atoms with E-state index in [-0.39, 0.29) is 52.1 Å². The first kappa shape index (κ1) is 38.3. The number of unbranched alkanes of at least 4 members (excludes halogenated alkanes) is 8. The van der Waals surface area contributed by atoms with Gasteiger partial charge in [0.1, 0.15) is 8.96 Å². The minimum absolute atomic E-state index is 0. The van der Waals surface area contributed by atoms with Crippen molar-refractivity contribution in [1.29, 1.82) is 0 Å². The van der Waals surface area contributed by atoms with Crippen LogP contribution < -0.4 is 24.8 Å². The zero-order valence-corrected chi connectivity index (χ0v) is 27.8. The summed E-state index contributed by atoms with van der Waals surface area (Å²) < 4.78 is 2.89. The average molecular weight is 553 g/mol. The molecule has 1 nitrogen and oxygen atoms in total. The molecule has 0 amide bonds. The van der Waals surface area contributed by atoms with E-state index in [2.05, 4.69) is 66.1 Å². The molecule has 0 fully saturated rings. The predicted molar refractivity (Wildman–Crippen MR) is 141 cm³/mol. The summed E-state index contributed by atoms with van der Waals surface area (Å²) in [6.45, 7) is 21.9. The maximum absolute atomic E-state index is 2.89. The summed E-state index contributed by atoms with van der Waals surface area (Å²) in [7, 11) is -0.945. The van der Waals surface area contributed by atoms with E-state index in [1.54, 1.807) is 16.8 Å². The number of nitrogens with zero attached hydrogens (tertiary/aromatic N) is 1. The number of halogens is 2. The van der Waals surface area contributed by atoms with Gasteiger partial charge in [-0.2, -0.15) is 0 Å². The molecule has 1 aliphatic rings. The number of hydrogen-bond donors (Lipinski definition) is 0. The SMILES string of the molecule is CCCCCCCCC1=C(CCCCCC)C(CC)=C(N([SiH](C)C)C(C)(C)C)C1C.[Cl-].[Cl-].[Ti]. The Balaban J connectivity index is -0.00000300. The van der Waals surface area contributed by atoms with Gasteiger partial charge in [0.15, 0.2) is 0 Å². The largest absolute Gasteiger partial charge is 1.00 e. The molecule has 0 radical (unpaired) electrons. The molecule has 5 heteroatoms. The summed E-state index contributed by atoms with van der Waals surface area (Å²) in [5.74, 6) is 0.630. The quantitative estimate of drug-likeness (QED) is 0.223. The van der Waals surface area contributed by atoms with Crippen molar-refractivity contribution in [2.24, 2.45) is 5.92 Å². The molecule has 0 spiro atoms. The summed E-state index contributed by atoms with van der Waals surface area (Å²) in [6, 6.07) is 0. The van der Waals surface area contributed by atoms with Crippen molar-refractivity contribution in [1.82, 2.24) is 4.57 Å². The van der Waals surface area contributed by atoms with Gasteiger partial charge in [0.2, 0.25) is 0 Å². The number of hydrogen-bond acceptors (Lipinski definition) is 1. The van der Waals surface area contributed by atoms with Crippen LogP contribution in [0.15, 0.2) is 22.4 Å². The van der Waals surface area contributed by atoms with Gasteiger partial charge >= 0.3 is 0 Å². The van der Waals surface area contributed by atoms with Crippen molar-refractivity contribution in [3.05, 3.63) is 22.4 Å². The number of rotatable bonds is 15. The molecule has 0 aromatic carbocycles. The minimum atomic E-state index is -0.945. The molecule has 1 rings (SSSR count). The molecule has 0 saturated heterocycles. The molecular weight excluding hydrogens is 497 g/mol. The Morgan fingerprint density at radius 3 is 1.64 bits per heavy atom. The van der Waals surface area contributed by atoms with Crippen molar-refractivity contribution in [3.8, 4) is 0 Å². The van der Waals surface area contributed by atoms with Crippen LogP contribution in [0.1, 0.15) is 132 Å². The Morgan fingerprint density at radius 1 is 0.727 bits per heavy atom. The van der Waals surface area contributed by atoms with E-state index < -0.39 is 8.96 Å². The van der Waals surface area contributed by atoms with Crippen molar-refractivity contribution in [2.45, 2.75) is 151 Å². The summed E-state index contributed by atoms with van der Waals surface area (Å²) in [5.41, 5.74) is 7.29. The van der Waals surface area contributed by atoms with Crippen LogP contribution in [0, 0.1) is 5.92 Å². The first-order chi connectivity index (χ1) is 14.2. The Morgan fingerprint density at radius 2 is 1.18 bits per heavy atom. The third-order valence-corrected chi connectivity index (χ3v) is 9.01. The van der Waals surface area contributed by atoms with Gasteiger partial charge in [0, 0.05) is 38.9 Å². The second kappa shape index (κ2) is 19.9. The van der Waals surface area contributed by atoms with Gasteiger partial charge in [-0.25, -0.2) is 0 Å². The molecule has 0 aromatic rings. The maximum Gasteiger partial charge on any atom is 0.134 e. The van der Waals surface area contributed by atoms with Crippen molar-refractivity contribution in [3.63, 3.8) is 0 Å². The maximum atomic E-state index is 2.89. The Kier molecular flexibility index (Phi) is 23.1. The van der Waals surface area contributed by atoms with Gasteiger partial charge < -0.3 is 29.4 Å². The van der Waals surface area contributed by atoms with Gasteiger partial charge in [0.25, 0.3) is 0 Å². The van der Waals surface area contributed by atoms with Crippen LogP contribution in [0.3, 0.4) is 0 Å².